The summed E-state index contributed by atoms with van der Waals surface area (Å²) in [7, 11) is 1.67. The number of esters is 1. The van der Waals surface area contributed by atoms with Crippen molar-refractivity contribution < 1.29 is 14.3 Å². The molecule has 3 heteroatoms. The summed E-state index contributed by atoms with van der Waals surface area (Å²) < 4.78 is 10.4. The molecule has 1 aromatic carbocycles. The van der Waals surface area contributed by atoms with Crippen LogP contribution in [0.15, 0.2) is 24.3 Å². The quantitative estimate of drug-likeness (QED) is 0.780. The number of benzene rings is 1. The molecular formula is C16H20O3. The Morgan fingerprint density at radius 2 is 2.21 bits per heavy atom. The van der Waals surface area contributed by atoms with E-state index in [0.717, 1.165) is 29.7 Å². The van der Waals surface area contributed by atoms with Crippen molar-refractivity contribution in [2.24, 2.45) is 5.92 Å². The van der Waals surface area contributed by atoms with Gasteiger partial charge >= 0.3 is 5.97 Å². The van der Waals surface area contributed by atoms with Crippen LogP contribution in [0.3, 0.4) is 0 Å². The minimum atomic E-state index is -0.215. The molecule has 0 aliphatic heterocycles. The van der Waals surface area contributed by atoms with Crippen LogP contribution in [0.2, 0.25) is 0 Å². The highest BCUT2D eigenvalue weighted by molar-refractivity contribution is 5.89. The van der Waals surface area contributed by atoms with E-state index in [2.05, 4.69) is 12.1 Å². The second kappa shape index (κ2) is 5.91. The molecule has 0 heterocycles. The SMILES string of the molecule is CCOC(=O)C(C)C1=CCCc2cc(OC)ccc21. The maximum absolute atomic E-state index is 11.9. The van der Waals surface area contributed by atoms with E-state index in [1.165, 1.54) is 5.56 Å². The van der Waals surface area contributed by atoms with Crippen molar-refractivity contribution in [2.75, 3.05) is 13.7 Å². The number of rotatable bonds is 4. The van der Waals surface area contributed by atoms with Gasteiger partial charge in [-0.3, -0.25) is 4.79 Å². The van der Waals surface area contributed by atoms with Crippen LogP contribution < -0.4 is 4.74 Å². The maximum Gasteiger partial charge on any atom is 0.313 e. The van der Waals surface area contributed by atoms with Crippen LogP contribution in [0, 0.1) is 5.92 Å². The first-order chi connectivity index (χ1) is 9.17. The molecule has 0 radical (unpaired) electrons. The average Bonchev–Trinajstić information content (AvgIpc) is 2.45. The van der Waals surface area contributed by atoms with Crippen molar-refractivity contribution in [2.45, 2.75) is 26.7 Å². The van der Waals surface area contributed by atoms with E-state index in [1.807, 2.05) is 26.0 Å². The third-order valence-corrected chi connectivity index (χ3v) is 3.51. The molecule has 1 aliphatic rings. The van der Waals surface area contributed by atoms with Crippen molar-refractivity contribution in [3.8, 4) is 5.75 Å². The van der Waals surface area contributed by atoms with E-state index >= 15 is 0 Å². The Balaban J connectivity index is 2.30. The minimum absolute atomic E-state index is 0.155. The zero-order valence-corrected chi connectivity index (χ0v) is 11.7. The summed E-state index contributed by atoms with van der Waals surface area (Å²) in [6.45, 7) is 4.16. The number of carbonyl (C=O) groups excluding carboxylic acids is 1. The van der Waals surface area contributed by atoms with Gasteiger partial charge in [0, 0.05) is 0 Å². The van der Waals surface area contributed by atoms with Crippen LogP contribution in [0.5, 0.6) is 5.75 Å². The molecular weight excluding hydrogens is 240 g/mol. The Kier molecular flexibility index (Phi) is 4.25. The van der Waals surface area contributed by atoms with Crippen LogP contribution in [-0.2, 0) is 16.0 Å². The van der Waals surface area contributed by atoms with Crippen molar-refractivity contribution in [1.29, 1.82) is 0 Å². The largest absolute Gasteiger partial charge is 0.497 e. The minimum Gasteiger partial charge on any atom is -0.497 e. The molecule has 3 nitrogen and oxygen atoms in total. The zero-order chi connectivity index (χ0) is 13.8. The fourth-order valence-electron chi connectivity index (χ4n) is 2.48. The topological polar surface area (TPSA) is 35.5 Å². The summed E-state index contributed by atoms with van der Waals surface area (Å²) >= 11 is 0. The number of hydrogen-bond acceptors (Lipinski definition) is 3. The summed E-state index contributed by atoms with van der Waals surface area (Å²) in [5.74, 6) is 0.494. The Labute approximate surface area is 114 Å². The van der Waals surface area contributed by atoms with Gasteiger partial charge in [0.05, 0.1) is 19.6 Å². The van der Waals surface area contributed by atoms with E-state index < -0.39 is 0 Å². The van der Waals surface area contributed by atoms with Crippen molar-refractivity contribution in [3.05, 3.63) is 35.4 Å². The summed E-state index contributed by atoms with van der Waals surface area (Å²) in [5.41, 5.74) is 3.46. The molecule has 0 fully saturated rings. The Hall–Kier alpha value is -1.77. The fourth-order valence-corrected chi connectivity index (χ4v) is 2.48. The summed E-state index contributed by atoms with van der Waals surface area (Å²) in [6, 6.07) is 6.03. The number of hydrogen-bond donors (Lipinski definition) is 0. The maximum atomic E-state index is 11.9. The lowest BCUT2D eigenvalue weighted by atomic mass is 9.84. The van der Waals surface area contributed by atoms with Crippen LogP contribution in [0.4, 0.5) is 0 Å². The van der Waals surface area contributed by atoms with Gasteiger partial charge in [0.2, 0.25) is 0 Å². The van der Waals surface area contributed by atoms with Gasteiger partial charge < -0.3 is 9.47 Å². The standard InChI is InChI=1S/C16H20O3/c1-4-19-16(17)11(2)14-7-5-6-12-10-13(18-3)8-9-15(12)14/h7-11H,4-6H2,1-3H3. The highest BCUT2D eigenvalue weighted by Crippen LogP contribution is 2.34. The first-order valence-electron chi connectivity index (χ1n) is 6.71. The number of carbonyl (C=O) groups is 1. The number of fused-ring (bicyclic) bond motifs is 1. The van der Waals surface area contributed by atoms with E-state index in [1.54, 1.807) is 7.11 Å². The lowest BCUT2D eigenvalue weighted by molar-refractivity contribution is -0.145. The molecule has 19 heavy (non-hydrogen) atoms. The van der Waals surface area contributed by atoms with Crippen molar-refractivity contribution >= 4 is 11.5 Å². The monoisotopic (exact) mass is 260 g/mol. The van der Waals surface area contributed by atoms with Gasteiger partial charge in [-0.1, -0.05) is 12.1 Å². The smallest absolute Gasteiger partial charge is 0.313 e. The molecule has 0 spiro atoms. The molecule has 0 N–H and O–H groups in total. The first kappa shape index (κ1) is 13.7. The molecule has 1 unspecified atom stereocenters. The molecule has 0 saturated carbocycles. The van der Waals surface area contributed by atoms with Crippen molar-refractivity contribution in [3.63, 3.8) is 0 Å². The van der Waals surface area contributed by atoms with Gasteiger partial charge in [0.25, 0.3) is 0 Å². The van der Waals surface area contributed by atoms with Crippen LogP contribution in [0.25, 0.3) is 5.57 Å². The van der Waals surface area contributed by atoms with Gasteiger partial charge in [-0.05, 0) is 55.5 Å². The lowest BCUT2D eigenvalue weighted by Crippen LogP contribution is -2.18. The molecule has 1 aliphatic carbocycles. The Bertz CT molecular complexity index is 503. The molecule has 0 amide bonds. The van der Waals surface area contributed by atoms with Crippen LogP contribution in [-0.4, -0.2) is 19.7 Å². The lowest BCUT2D eigenvalue weighted by Gasteiger charge is -2.22. The Morgan fingerprint density at radius 3 is 2.89 bits per heavy atom. The molecule has 0 saturated heterocycles. The van der Waals surface area contributed by atoms with Crippen molar-refractivity contribution in [1.82, 2.24) is 0 Å². The number of methoxy groups -OCH3 is 1. The number of aryl methyl sites for hydroxylation is 1. The predicted octanol–water partition coefficient (Wildman–Crippen LogP) is 3.22. The van der Waals surface area contributed by atoms with E-state index in [4.69, 9.17) is 9.47 Å². The summed E-state index contributed by atoms with van der Waals surface area (Å²) in [6.07, 6.45) is 4.10. The van der Waals surface area contributed by atoms with E-state index in [0.29, 0.717) is 6.61 Å². The van der Waals surface area contributed by atoms with Gasteiger partial charge in [-0.2, -0.15) is 0 Å². The highest BCUT2D eigenvalue weighted by atomic mass is 16.5. The molecule has 0 aromatic heterocycles. The predicted molar refractivity (Wildman–Crippen MR) is 75.1 cm³/mol. The molecule has 1 atom stereocenters. The Morgan fingerprint density at radius 1 is 1.42 bits per heavy atom. The van der Waals surface area contributed by atoms with Gasteiger partial charge in [0.15, 0.2) is 0 Å². The second-order valence-electron chi connectivity index (χ2n) is 4.69. The third kappa shape index (κ3) is 2.80. The molecule has 1 aromatic rings. The first-order valence-corrected chi connectivity index (χ1v) is 6.71. The number of allylic oxidation sites excluding steroid dienone is 1. The van der Waals surface area contributed by atoms with Gasteiger partial charge in [0.1, 0.15) is 5.75 Å². The molecule has 2 rings (SSSR count). The number of ether oxygens (including phenoxy) is 2. The normalized spacial score (nSPS) is 15.2. The molecule has 102 valence electrons. The third-order valence-electron chi connectivity index (χ3n) is 3.51. The second-order valence-corrected chi connectivity index (χ2v) is 4.69. The van der Waals surface area contributed by atoms with Gasteiger partial charge in [-0.15, -0.1) is 0 Å². The molecule has 0 bridgehead atoms. The summed E-state index contributed by atoms with van der Waals surface area (Å²) in [5, 5.41) is 0. The van der Waals surface area contributed by atoms with Crippen LogP contribution in [0.1, 0.15) is 31.4 Å². The van der Waals surface area contributed by atoms with Gasteiger partial charge in [-0.25, -0.2) is 0 Å². The van der Waals surface area contributed by atoms with Crippen LogP contribution >= 0.6 is 0 Å². The van der Waals surface area contributed by atoms with E-state index in [-0.39, 0.29) is 11.9 Å². The summed E-state index contributed by atoms with van der Waals surface area (Å²) in [4.78, 5) is 11.9. The zero-order valence-electron chi connectivity index (χ0n) is 11.7. The fraction of sp³-hybridized carbons (Fsp3) is 0.438. The van der Waals surface area contributed by atoms with E-state index in [9.17, 15) is 4.79 Å². The highest BCUT2D eigenvalue weighted by Gasteiger charge is 2.24. The average molecular weight is 260 g/mol.